The SMILES string of the molecule is CCN(CC(=O)Nc1cc(C(C)(C)C)nn1-c1ccc(Cl)c(Cl)c1)C(=O)c1ccc(Br)cc1. The molecule has 3 rings (SSSR count). The topological polar surface area (TPSA) is 67.2 Å². The molecule has 2 amide bonds. The van der Waals surface area contributed by atoms with E-state index < -0.39 is 0 Å². The van der Waals surface area contributed by atoms with Gasteiger partial charge in [-0.2, -0.15) is 5.10 Å². The van der Waals surface area contributed by atoms with Gasteiger partial charge in [-0.15, -0.1) is 0 Å². The highest BCUT2D eigenvalue weighted by atomic mass is 79.9. The lowest BCUT2D eigenvalue weighted by molar-refractivity contribution is -0.116. The minimum absolute atomic E-state index is 0.0944. The van der Waals surface area contributed by atoms with Crippen LogP contribution in [0.5, 0.6) is 0 Å². The number of carbonyl (C=O) groups is 2. The van der Waals surface area contributed by atoms with Gasteiger partial charge < -0.3 is 10.2 Å². The largest absolute Gasteiger partial charge is 0.330 e. The van der Waals surface area contributed by atoms with Crippen LogP contribution in [-0.4, -0.2) is 39.6 Å². The lowest BCUT2D eigenvalue weighted by Gasteiger charge is -2.20. The summed E-state index contributed by atoms with van der Waals surface area (Å²) in [5.41, 5.74) is 1.73. The number of likely N-dealkylation sites (N-methyl/N-ethyl adjacent to an activating group) is 1. The first kappa shape index (κ1) is 25.3. The Kier molecular flexibility index (Phi) is 7.88. The van der Waals surface area contributed by atoms with Crippen LogP contribution in [0.4, 0.5) is 5.82 Å². The maximum Gasteiger partial charge on any atom is 0.254 e. The average Bonchev–Trinajstić information content (AvgIpc) is 3.18. The number of nitrogens with zero attached hydrogens (tertiary/aromatic N) is 3. The Morgan fingerprint density at radius 1 is 1.06 bits per heavy atom. The first-order valence-electron chi connectivity index (χ1n) is 10.4. The van der Waals surface area contributed by atoms with Crippen molar-refractivity contribution in [2.24, 2.45) is 0 Å². The number of anilines is 1. The minimum atomic E-state index is -0.330. The minimum Gasteiger partial charge on any atom is -0.330 e. The molecule has 0 atom stereocenters. The van der Waals surface area contributed by atoms with Gasteiger partial charge in [-0.3, -0.25) is 9.59 Å². The lowest BCUT2D eigenvalue weighted by Crippen LogP contribution is -2.38. The Balaban J connectivity index is 1.85. The third-order valence-electron chi connectivity index (χ3n) is 4.99. The number of benzene rings is 2. The predicted molar refractivity (Wildman–Crippen MR) is 137 cm³/mol. The summed E-state index contributed by atoms with van der Waals surface area (Å²) < 4.78 is 2.50. The maximum atomic E-state index is 12.9. The second-order valence-corrected chi connectivity index (χ2v) is 10.3. The summed E-state index contributed by atoms with van der Waals surface area (Å²) in [5.74, 6) is -0.0621. The molecule has 0 aliphatic heterocycles. The molecular weight excluding hydrogens is 527 g/mol. The molecule has 1 aromatic heterocycles. The van der Waals surface area contributed by atoms with Crippen molar-refractivity contribution >= 4 is 56.8 Å². The van der Waals surface area contributed by atoms with Crippen LogP contribution >= 0.6 is 39.1 Å². The summed E-state index contributed by atoms with van der Waals surface area (Å²) in [5, 5.41) is 8.40. The van der Waals surface area contributed by atoms with Crippen LogP contribution in [0.3, 0.4) is 0 Å². The number of carbonyl (C=O) groups excluding carboxylic acids is 2. The van der Waals surface area contributed by atoms with Gasteiger partial charge in [0.1, 0.15) is 12.4 Å². The van der Waals surface area contributed by atoms with Crippen molar-refractivity contribution in [3.05, 3.63) is 74.3 Å². The quantitative estimate of drug-likeness (QED) is 0.388. The van der Waals surface area contributed by atoms with Crippen LogP contribution in [0.25, 0.3) is 5.69 Å². The molecule has 0 bridgehead atoms. The first-order chi connectivity index (χ1) is 15.5. The van der Waals surface area contributed by atoms with E-state index in [1.54, 1.807) is 47.1 Å². The number of amides is 2. The van der Waals surface area contributed by atoms with Gasteiger partial charge in [0.25, 0.3) is 5.91 Å². The Morgan fingerprint density at radius 3 is 2.30 bits per heavy atom. The molecule has 1 N–H and O–H groups in total. The standard InChI is InChI=1S/C24H25BrCl2N4O2/c1-5-30(23(33)15-6-8-16(25)9-7-15)14-22(32)28-21-13-20(24(2,3)4)29-31(21)17-10-11-18(26)19(27)12-17/h6-13H,5,14H2,1-4H3,(H,28,32). The zero-order valence-corrected chi connectivity index (χ0v) is 21.9. The molecule has 0 aliphatic rings. The molecule has 0 fully saturated rings. The number of hydrogen-bond donors (Lipinski definition) is 1. The van der Waals surface area contributed by atoms with E-state index in [0.717, 1.165) is 10.2 Å². The zero-order valence-electron chi connectivity index (χ0n) is 18.8. The van der Waals surface area contributed by atoms with Crippen molar-refractivity contribution < 1.29 is 9.59 Å². The zero-order chi connectivity index (χ0) is 24.3. The highest BCUT2D eigenvalue weighted by Crippen LogP contribution is 2.29. The molecule has 0 saturated heterocycles. The summed E-state index contributed by atoms with van der Waals surface area (Å²) in [6.45, 7) is 8.24. The summed E-state index contributed by atoms with van der Waals surface area (Å²) in [7, 11) is 0. The smallest absolute Gasteiger partial charge is 0.254 e. The van der Waals surface area contributed by atoms with E-state index in [1.165, 1.54) is 4.90 Å². The summed E-state index contributed by atoms with van der Waals surface area (Å²) in [6.07, 6.45) is 0. The highest BCUT2D eigenvalue weighted by Gasteiger charge is 2.23. The van der Waals surface area contributed by atoms with Crippen molar-refractivity contribution in [1.29, 1.82) is 0 Å². The van der Waals surface area contributed by atoms with Crippen LogP contribution in [-0.2, 0) is 10.2 Å². The molecule has 1 heterocycles. The first-order valence-corrected chi connectivity index (χ1v) is 11.9. The van der Waals surface area contributed by atoms with E-state index in [0.29, 0.717) is 33.7 Å². The number of hydrogen-bond acceptors (Lipinski definition) is 3. The van der Waals surface area contributed by atoms with Crippen molar-refractivity contribution in [2.45, 2.75) is 33.1 Å². The summed E-state index contributed by atoms with van der Waals surface area (Å²) in [6, 6.07) is 14.0. The van der Waals surface area contributed by atoms with Gasteiger partial charge in [0, 0.05) is 28.1 Å². The second-order valence-electron chi connectivity index (χ2n) is 8.55. The number of halogens is 3. The van der Waals surface area contributed by atoms with E-state index >= 15 is 0 Å². The molecule has 0 unspecified atom stereocenters. The average molecular weight is 552 g/mol. The molecule has 0 saturated carbocycles. The Labute approximate surface area is 212 Å². The molecule has 174 valence electrons. The van der Waals surface area contributed by atoms with Gasteiger partial charge in [0.2, 0.25) is 5.91 Å². The van der Waals surface area contributed by atoms with Crippen LogP contribution in [0.1, 0.15) is 43.7 Å². The van der Waals surface area contributed by atoms with Crippen molar-refractivity contribution in [3.63, 3.8) is 0 Å². The Bertz CT molecular complexity index is 1170. The Hall–Kier alpha value is -2.35. The number of aromatic nitrogens is 2. The van der Waals surface area contributed by atoms with Crippen molar-refractivity contribution in [2.75, 3.05) is 18.4 Å². The van der Waals surface area contributed by atoms with Gasteiger partial charge in [-0.05, 0) is 49.4 Å². The monoisotopic (exact) mass is 550 g/mol. The molecule has 0 spiro atoms. The number of rotatable bonds is 6. The third-order valence-corrected chi connectivity index (χ3v) is 6.26. The predicted octanol–water partition coefficient (Wildman–Crippen LogP) is 6.34. The lowest BCUT2D eigenvalue weighted by atomic mass is 9.92. The molecule has 33 heavy (non-hydrogen) atoms. The molecule has 0 aliphatic carbocycles. The molecule has 0 radical (unpaired) electrons. The summed E-state index contributed by atoms with van der Waals surface area (Å²) >= 11 is 15.6. The van der Waals surface area contributed by atoms with Crippen LogP contribution in [0.2, 0.25) is 10.0 Å². The van der Waals surface area contributed by atoms with Gasteiger partial charge >= 0.3 is 0 Å². The molecule has 6 nitrogen and oxygen atoms in total. The maximum absolute atomic E-state index is 12.9. The number of nitrogens with one attached hydrogen (secondary N) is 1. The van der Waals surface area contributed by atoms with Gasteiger partial charge in [0.05, 0.1) is 21.4 Å². The fourth-order valence-corrected chi connectivity index (χ4v) is 3.66. The fraction of sp³-hybridized carbons (Fsp3) is 0.292. The van der Waals surface area contributed by atoms with E-state index in [-0.39, 0.29) is 23.8 Å². The molecule has 3 aromatic rings. The van der Waals surface area contributed by atoms with E-state index in [2.05, 4.69) is 26.3 Å². The van der Waals surface area contributed by atoms with E-state index in [4.69, 9.17) is 23.2 Å². The van der Waals surface area contributed by atoms with Crippen molar-refractivity contribution in [1.82, 2.24) is 14.7 Å². The van der Waals surface area contributed by atoms with Gasteiger partial charge in [0.15, 0.2) is 0 Å². The van der Waals surface area contributed by atoms with Gasteiger partial charge in [-0.25, -0.2) is 4.68 Å². The third kappa shape index (κ3) is 6.16. The molecular formula is C24H25BrCl2N4O2. The normalized spacial score (nSPS) is 11.4. The van der Waals surface area contributed by atoms with E-state index in [9.17, 15) is 9.59 Å². The van der Waals surface area contributed by atoms with Crippen molar-refractivity contribution in [3.8, 4) is 5.69 Å². The summed E-state index contributed by atoms with van der Waals surface area (Å²) in [4.78, 5) is 27.3. The Morgan fingerprint density at radius 2 is 1.73 bits per heavy atom. The van der Waals surface area contributed by atoms with Gasteiger partial charge in [-0.1, -0.05) is 59.9 Å². The van der Waals surface area contributed by atoms with Crippen LogP contribution in [0.15, 0.2) is 53.0 Å². The highest BCUT2D eigenvalue weighted by molar-refractivity contribution is 9.10. The fourth-order valence-electron chi connectivity index (χ4n) is 3.11. The van der Waals surface area contributed by atoms with Crippen LogP contribution < -0.4 is 5.32 Å². The second kappa shape index (κ2) is 10.3. The van der Waals surface area contributed by atoms with E-state index in [1.807, 2.05) is 33.8 Å². The molecule has 9 heteroatoms. The molecule has 2 aromatic carbocycles. The van der Waals surface area contributed by atoms with Crippen LogP contribution in [0, 0.1) is 0 Å².